The van der Waals surface area contributed by atoms with Crippen LogP contribution >= 0.6 is 11.8 Å². The molecule has 0 spiro atoms. The lowest BCUT2D eigenvalue weighted by Gasteiger charge is -2.35. The molecule has 3 heterocycles. The molecule has 0 saturated carbocycles. The summed E-state index contributed by atoms with van der Waals surface area (Å²) in [4.78, 5) is 43.8. The Kier molecular flexibility index (Phi) is 6.08. The Balaban J connectivity index is 1.58. The Bertz CT molecular complexity index is 881. The summed E-state index contributed by atoms with van der Waals surface area (Å²) in [6, 6.07) is 6.43. The third kappa shape index (κ3) is 3.86. The van der Waals surface area contributed by atoms with Crippen LogP contribution in [0.25, 0.3) is 0 Å². The van der Waals surface area contributed by atoms with Crippen LogP contribution in [0.2, 0.25) is 0 Å². The highest BCUT2D eigenvalue weighted by Crippen LogP contribution is 2.56. The normalized spacial score (nSPS) is 26.3. The van der Waals surface area contributed by atoms with Gasteiger partial charge in [0.25, 0.3) is 5.91 Å². The number of carbonyl (C=O) groups is 3. The van der Waals surface area contributed by atoms with Gasteiger partial charge in [-0.15, -0.1) is 11.8 Å². The maximum Gasteiger partial charge on any atom is 0.256 e. The van der Waals surface area contributed by atoms with Crippen LogP contribution in [0.3, 0.4) is 0 Å². The van der Waals surface area contributed by atoms with Gasteiger partial charge in [0, 0.05) is 23.4 Å². The number of nitrogens with zero attached hydrogens (tertiary/aromatic N) is 2. The van der Waals surface area contributed by atoms with Crippen molar-refractivity contribution in [3.05, 3.63) is 35.4 Å². The van der Waals surface area contributed by atoms with E-state index in [1.165, 1.54) is 0 Å². The maximum atomic E-state index is 13.6. The van der Waals surface area contributed by atoms with Crippen LogP contribution in [0.15, 0.2) is 24.3 Å². The van der Waals surface area contributed by atoms with Crippen LogP contribution < -0.4 is 5.32 Å². The first kappa shape index (κ1) is 22.2. The lowest BCUT2D eigenvalue weighted by Crippen LogP contribution is -2.59. The van der Waals surface area contributed by atoms with Gasteiger partial charge < -0.3 is 15.1 Å². The Morgan fingerprint density at radius 2 is 1.87 bits per heavy atom. The van der Waals surface area contributed by atoms with Crippen LogP contribution in [0.4, 0.5) is 0 Å². The van der Waals surface area contributed by atoms with Crippen molar-refractivity contribution in [1.29, 1.82) is 0 Å². The number of nitrogens with one attached hydrogen (secondary N) is 1. The predicted molar refractivity (Wildman–Crippen MR) is 123 cm³/mol. The van der Waals surface area contributed by atoms with Crippen molar-refractivity contribution in [1.82, 2.24) is 15.1 Å². The maximum absolute atomic E-state index is 13.6. The van der Waals surface area contributed by atoms with Gasteiger partial charge in [-0.1, -0.05) is 38.5 Å². The number of hydrogen-bond acceptors (Lipinski definition) is 4. The van der Waals surface area contributed by atoms with Gasteiger partial charge in [0.05, 0.1) is 0 Å². The van der Waals surface area contributed by atoms with Crippen LogP contribution in [-0.2, 0) is 9.59 Å². The molecule has 0 bridgehead atoms. The Morgan fingerprint density at radius 1 is 1.19 bits per heavy atom. The van der Waals surface area contributed by atoms with E-state index in [0.717, 1.165) is 44.3 Å². The molecule has 0 aliphatic carbocycles. The van der Waals surface area contributed by atoms with Gasteiger partial charge in [-0.25, -0.2) is 0 Å². The van der Waals surface area contributed by atoms with Gasteiger partial charge in [-0.05, 0) is 50.7 Å². The number of benzene rings is 1. The van der Waals surface area contributed by atoms with E-state index in [-0.39, 0.29) is 29.0 Å². The van der Waals surface area contributed by atoms with Crippen LogP contribution in [-0.4, -0.2) is 57.4 Å². The Morgan fingerprint density at radius 3 is 2.55 bits per heavy atom. The quantitative estimate of drug-likeness (QED) is 0.755. The van der Waals surface area contributed by atoms with Crippen molar-refractivity contribution in [2.45, 2.75) is 75.6 Å². The lowest BCUT2D eigenvalue weighted by atomic mass is 9.94. The van der Waals surface area contributed by atoms with Crippen molar-refractivity contribution in [2.24, 2.45) is 5.92 Å². The standard InChI is InChI=1S/C24H33N3O3S/c1-5-15(2)18(22(30)26-13-9-6-10-14-26)25-20(28)19-24(3,4)31-23-17-12-8-7-11-16(17)21(29)27(19)23/h7-8,11-12,15,18-19,23H,5-6,9-10,13-14H2,1-4H3,(H,25,28)/t15-,18+,19-,23+/m0/s1. The highest BCUT2D eigenvalue weighted by Gasteiger charge is 2.57. The third-order valence-corrected chi connectivity index (χ3v) is 8.52. The van der Waals surface area contributed by atoms with E-state index in [2.05, 4.69) is 5.32 Å². The molecule has 7 heteroatoms. The molecule has 2 saturated heterocycles. The Hall–Kier alpha value is -2.02. The predicted octanol–water partition coefficient (Wildman–Crippen LogP) is 3.58. The third-order valence-electron chi connectivity index (χ3n) is 6.99. The topological polar surface area (TPSA) is 69.7 Å². The molecule has 0 radical (unpaired) electrons. The fraction of sp³-hybridized carbons (Fsp3) is 0.625. The first-order valence-electron chi connectivity index (χ1n) is 11.4. The van der Waals surface area contributed by atoms with E-state index < -0.39 is 16.8 Å². The molecule has 3 aliphatic rings. The molecule has 4 atom stereocenters. The highest BCUT2D eigenvalue weighted by atomic mass is 32.2. The van der Waals surface area contributed by atoms with Crippen LogP contribution in [0.1, 0.15) is 74.7 Å². The van der Waals surface area contributed by atoms with Crippen molar-refractivity contribution >= 4 is 29.5 Å². The van der Waals surface area contributed by atoms with E-state index in [0.29, 0.717) is 5.56 Å². The molecule has 3 amide bonds. The molecule has 2 fully saturated rings. The van der Waals surface area contributed by atoms with E-state index in [1.54, 1.807) is 16.7 Å². The molecule has 1 aromatic carbocycles. The summed E-state index contributed by atoms with van der Waals surface area (Å²) in [5.74, 6) is -0.283. The molecule has 1 N–H and O–H groups in total. The van der Waals surface area contributed by atoms with Gasteiger partial charge in [0.1, 0.15) is 17.5 Å². The highest BCUT2D eigenvalue weighted by molar-refractivity contribution is 8.01. The first-order valence-corrected chi connectivity index (χ1v) is 12.3. The van der Waals surface area contributed by atoms with Crippen molar-refractivity contribution < 1.29 is 14.4 Å². The smallest absolute Gasteiger partial charge is 0.256 e. The monoisotopic (exact) mass is 443 g/mol. The molecule has 4 rings (SSSR count). The van der Waals surface area contributed by atoms with Gasteiger partial charge in [0.2, 0.25) is 11.8 Å². The fourth-order valence-corrected chi connectivity index (χ4v) is 6.62. The number of piperidine rings is 1. The minimum Gasteiger partial charge on any atom is -0.342 e. The molecule has 31 heavy (non-hydrogen) atoms. The zero-order valence-corrected chi connectivity index (χ0v) is 19.7. The molecule has 0 unspecified atom stereocenters. The lowest BCUT2D eigenvalue weighted by molar-refractivity contribution is -0.139. The second kappa shape index (κ2) is 8.49. The van der Waals surface area contributed by atoms with Gasteiger partial charge >= 0.3 is 0 Å². The number of thioether (sulfide) groups is 1. The SMILES string of the molecule is CC[C@H](C)[C@@H](NC(=O)[C@@H]1N2C(=O)c3ccccc3[C@H]2SC1(C)C)C(=O)N1CCCCC1. The second-order valence-corrected chi connectivity index (χ2v) is 11.3. The van der Waals surface area contributed by atoms with Crippen LogP contribution in [0, 0.1) is 5.92 Å². The summed E-state index contributed by atoms with van der Waals surface area (Å²) < 4.78 is -0.452. The number of rotatable bonds is 5. The first-order chi connectivity index (χ1) is 14.8. The molecular formula is C24H33N3O3S. The zero-order chi connectivity index (χ0) is 22.3. The molecule has 3 aliphatic heterocycles. The number of amides is 3. The zero-order valence-electron chi connectivity index (χ0n) is 18.9. The van der Waals surface area contributed by atoms with Gasteiger partial charge in [-0.2, -0.15) is 0 Å². The summed E-state index contributed by atoms with van der Waals surface area (Å²) in [6.45, 7) is 9.60. The van der Waals surface area contributed by atoms with Crippen LogP contribution in [0.5, 0.6) is 0 Å². The summed E-state index contributed by atoms with van der Waals surface area (Å²) in [6.07, 6.45) is 3.98. The minimum atomic E-state index is -0.622. The number of hydrogen-bond donors (Lipinski definition) is 1. The average Bonchev–Trinajstić information content (AvgIpc) is 3.20. The average molecular weight is 444 g/mol. The van der Waals surface area contributed by atoms with Crippen molar-refractivity contribution in [2.75, 3.05) is 13.1 Å². The molecule has 6 nitrogen and oxygen atoms in total. The van der Waals surface area contributed by atoms with Gasteiger partial charge in [-0.3, -0.25) is 14.4 Å². The van der Waals surface area contributed by atoms with E-state index in [9.17, 15) is 14.4 Å². The van der Waals surface area contributed by atoms with E-state index in [4.69, 9.17) is 0 Å². The molecule has 168 valence electrons. The van der Waals surface area contributed by atoms with Gasteiger partial charge in [0.15, 0.2) is 0 Å². The van der Waals surface area contributed by atoms with E-state index >= 15 is 0 Å². The number of carbonyl (C=O) groups excluding carboxylic acids is 3. The summed E-state index contributed by atoms with van der Waals surface area (Å²) >= 11 is 1.65. The second-order valence-electron chi connectivity index (χ2n) is 9.53. The molecule has 0 aromatic heterocycles. The molecular weight excluding hydrogens is 410 g/mol. The Labute approximate surface area is 189 Å². The summed E-state index contributed by atoms with van der Waals surface area (Å²) in [7, 11) is 0. The number of likely N-dealkylation sites (tertiary alicyclic amines) is 1. The molecule has 1 aromatic rings. The largest absolute Gasteiger partial charge is 0.342 e. The fourth-order valence-electron chi connectivity index (χ4n) is 5.03. The summed E-state index contributed by atoms with van der Waals surface area (Å²) in [5, 5.41) is 2.93. The van der Waals surface area contributed by atoms with Crippen molar-refractivity contribution in [3.8, 4) is 0 Å². The van der Waals surface area contributed by atoms with E-state index in [1.807, 2.05) is 56.9 Å². The minimum absolute atomic E-state index is 0.0124. The number of fused-ring (bicyclic) bond motifs is 3. The summed E-state index contributed by atoms with van der Waals surface area (Å²) in [5.41, 5.74) is 1.65. The van der Waals surface area contributed by atoms with Crippen molar-refractivity contribution in [3.63, 3.8) is 0 Å².